The van der Waals surface area contributed by atoms with Crippen LogP contribution in [0, 0.1) is 0 Å². The quantitative estimate of drug-likeness (QED) is 0.142. The number of hydrogen-bond acceptors (Lipinski definition) is 10. The summed E-state index contributed by atoms with van der Waals surface area (Å²) in [5, 5.41) is 13.4. The summed E-state index contributed by atoms with van der Waals surface area (Å²) in [5.74, 6) is 0.723. The van der Waals surface area contributed by atoms with Gasteiger partial charge in [-0.2, -0.15) is 0 Å². The Morgan fingerprint density at radius 3 is 1.86 bits per heavy atom. The molecule has 0 bridgehead atoms. The number of hydrogen-bond donors (Lipinski definition) is 4. The number of benzene rings is 2. The highest BCUT2D eigenvalue weighted by atomic mass is 35.5. The molecule has 2 aromatic carbocycles. The molecule has 0 saturated carbocycles. The number of carbonyl (C=O) groups excluding carboxylic acids is 2. The Morgan fingerprint density at radius 1 is 0.878 bits per heavy atom. The topological polar surface area (TPSA) is 152 Å². The van der Waals surface area contributed by atoms with Gasteiger partial charge in [-0.15, -0.1) is 0 Å². The first-order valence-corrected chi connectivity index (χ1v) is 16.6. The summed E-state index contributed by atoms with van der Waals surface area (Å²) >= 11 is 14.1. The fourth-order valence-corrected chi connectivity index (χ4v) is 6.36. The number of ether oxygens (including phenoxy) is 2. The summed E-state index contributed by atoms with van der Waals surface area (Å²) in [4.78, 5) is 41.6. The van der Waals surface area contributed by atoms with Crippen molar-refractivity contribution in [3.8, 4) is 45.4 Å². The maximum Gasteiger partial charge on any atom is 0.237 e. The van der Waals surface area contributed by atoms with E-state index in [0.29, 0.717) is 99.4 Å². The molecule has 4 aromatic rings. The van der Waals surface area contributed by atoms with Gasteiger partial charge in [0.1, 0.15) is 11.4 Å². The third-order valence-electron chi connectivity index (χ3n) is 7.99. The summed E-state index contributed by atoms with van der Waals surface area (Å²) < 4.78 is 11.2. The van der Waals surface area contributed by atoms with Gasteiger partial charge in [0.05, 0.1) is 48.0 Å². The van der Waals surface area contributed by atoms with Crippen LogP contribution in [0.25, 0.3) is 33.6 Å². The highest BCUT2D eigenvalue weighted by Gasteiger charge is 2.22. The second kappa shape index (κ2) is 15.9. The molecular formula is C35H40Cl2N8O4. The largest absolute Gasteiger partial charge is 0.480 e. The first-order chi connectivity index (χ1) is 23.5. The molecule has 1 saturated heterocycles. The number of halogens is 2. The van der Waals surface area contributed by atoms with Crippen molar-refractivity contribution in [2.45, 2.75) is 58.3 Å². The van der Waals surface area contributed by atoms with Gasteiger partial charge in [-0.1, -0.05) is 59.6 Å². The second-order valence-corrected chi connectivity index (χ2v) is 13.1. The summed E-state index contributed by atoms with van der Waals surface area (Å²) in [6.45, 7) is 7.34. The number of nitrogens with zero attached hydrogens (tertiary/aromatic N) is 4. The van der Waals surface area contributed by atoms with E-state index >= 15 is 0 Å². The van der Waals surface area contributed by atoms with Crippen LogP contribution in [-0.2, 0) is 22.7 Å². The third kappa shape index (κ3) is 8.82. The average molecular weight is 708 g/mol. The minimum Gasteiger partial charge on any atom is -0.480 e. The van der Waals surface area contributed by atoms with Crippen LogP contribution in [0.15, 0.2) is 48.8 Å². The van der Waals surface area contributed by atoms with Crippen molar-refractivity contribution in [2.75, 3.05) is 27.3 Å². The number of nitrogens with one attached hydrogen (secondary N) is 4. The fourth-order valence-electron chi connectivity index (χ4n) is 5.71. The zero-order chi connectivity index (χ0) is 35.1. The highest BCUT2D eigenvalue weighted by molar-refractivity contribution is 6.39. The molecule has 1 aliphatic heterocycles. The van der Waals surface area contributed by atoms with Crippen LogP contribution in [0.5, 0.6) is 11.8 Å². The third-order valence-corrected chi connectivity index (χ3v) is 8.81. The summed E-state index contributed by atoms with van der Waals surface area (Å²) in [7, 11) is 3.09. The van der Waals surface area contributed by atoms with Crippen molar-refractivity contribution in [3.63, 3.8) is 0 Å². The molecule has 12 nitrogen and oxygen atoms in total. The van der Waals surface area contributed by atoms with E-state index in [9.17, 15) is 9.59 Å². The lowest BCUT2D eigenvalue weighted by Gasteiger charge is -2.26. The molecule has 0 spiro atoms. The number of rotatable bonds is 14. The summed E-state index contributed by atoms with van der Waals surface area (Å²) in [5.41, 5.74) is 4.65. The van der Waals surface area contributed by atoms with Crippen LogP contribution in [0.4, 0.5) is 0 Å². The van der Waals surface area contributed by atoms with E-state index < -0.39 is 5.54 Å². The van der Waals surface area contributed by atoms with Crippen molar-refractivity contribution in [3.05, 3.63) is 70.2 Å². The first-order valence-electron chi connectivity index (χ1n) is 15.9. The second-order valence-electron chi connectivity index (χ2n) is 12.4. The van der Waals surface area contributed by atoms with Crippen LogP contribution in [0.1, 0.15) is 45.0 Å². The van der Waals surface area contributed by atoms with Crippen molar-refractivity contribution in [2.24, 2.45) is 0 Å². The van der Waals surface area contributed by atoms with E-state index in [2.05, 4.69) is 31.2 Å². The zero-order valence-corrected chi connectivity index (χ0v) is 29.6. The van der Waals surface area contributed by atoms with Gasteiger partial charge in [0, 0.05) is 73.4 Å². The van der Waals surface area contributed by atoms with E-state index in [1.54, 1.807) is 26.6 Å². The van der Waals surface area contributed by atoms with Gasteiger partial charge in [0.2, 0.25) is 23.6 Å². The number of amides is 2. The van der Waals surface area contributed by atoms with Crippen molar-refractivity contribution >= 4 is 35.0 Å². The number of carbonyl (C=O) groups is 2. The predicted molar refractivity (Wildman–Crippen MR) is 190 cm³/mol. The Balaban J connectivity index is 1.35. The standard InChI is InChI=1S/C35H40Cl2N8O4/c1-20(46)45-35(2,3)19-39-16-29-34(49-5)44-27(18-41-29)25-11-7-9-23(32(25)37)22-8-6-10-24(31(22)36)26-17-40-28(33(43-26)48-4)15-38-14-21-12-13-30(47)42-21/h6-11,17-18,21,38-39H,12-16,19H2,1-5H3,(H,42,47)(H,45,46)/t21-/m0/s1. The van der Waals surface area contributed by atoms with Crippen LogP contribution in [0.3, 0.4) is 0 Å². The molecule has 1 fully saturated rings. The van der Waals surface area contributed by atoms with Gasteiger partial charge in [-0.25, -0.2) is 9.97 Å². The molecule has 14 heteroatoms. The van der Waals surface area contributed by atoms with Crippen LogP contribution in [0.2, 0.25) is 10.0 Å². The molecule has 2 aromatic heterocycles. The smallest absolute Gasteiger partial charge is 0.237 e. The predicted octanol–water partition coefficient (Wildman–Crippen LogP) is 4.96. The normalized spacial score (nSPS) is 14.4. The molecule has 2 amide bonds. The Labute approximate surface area is 295 Å². The maximum absolute atomic E-state index is 11.5. The van der Waals surface area contributed by atoms with Crippen LogP contribution >= 0.6 is 23.2 Å². The lowest BCUT2D eigenvalue weighted by Crippen LogP contribution is -2.49. The zero-order valence-electron chi connectivity index (χ0n) is 28.1. The molecule has 5 rings (SSSR count). The molecule has 49 heavy (non-hydrogen) atoms. The highest BCUT2D eigenvalue weighted by Crippen LogP contribution is 2.42. The lowest BCUT2D eigenvalue weighted by molar-refractivity contribution is -0.121. The van der Waals surface area contributed by atoms with Crippen LogP contribution < -0.4 is 30.7 Å². The van der Waals surface area contributed by atoms with Crippen molar-refractivity contribution in [1.29, 1.82) is 0 Å². The lowest BCUT2D eigenvalue weighted by atomic mass is 9.98. The SMILES string of the molecule is COc1nc(-c2cccc(-c3cccc(-c4cnc(CNCC(C)(C)NC(C)=O)c(OC)n4)c3Cl)c2Cl)cnc1CNC[C@@H]1CCC(=O)N1. The molecule has 258 valence electrons. The molecule has 4 N–H and O–H groups in total. The van der Waals surface area contributed by atoms with Gasteiger partial charge >= 0.3 is 0 Å². The Morgan fingerprint density at radius 2 is 1.39 bits per heavy atom. The molecule has 0 aliphatic carbocycles. The van der Waals surface area contributed by atoms with Crippen molar-refractivity contribution < 1.29 is 19.1 Å². The van der Waals surface area contributed by atoms with E-state index in [0.717, 1.165) is 6.42 Å². The maximum atomic E-state index is 11.5. The Kier molecular flexibility index (Phi) is 11.7. The van der Waals surface area contributed by atoms with E-state index in [1.165, 1.54) is 6.92 Å². The number of methoxy groups -OCH3 is 2. The molecule has 1 aliphatic rings. The van der Waals surface area contributed by atoms with Crippen LogP contribution in [-0.4, -0.2) is 70.6 Å². The Bertz CT molecular complexity index is 1840. The monoisotopic (exact) mass is 706 g/mol. The molecule has 0 radical (unpaired) electrons. The summed E-state index contributed by atoms with van der Waals surface area (Å²) in [6.07, 6.45) is 4.68. The summed E-state index contributed by atoms with van der Waals surface area (Å²) in [6, 6.07) is 11.4. The average Bonchev–Trinajstić information content (AvgIpc) is 3.49. The molecular weight excluding hydrogens is 667 g/mol. The van der Waals surface area contributed by atoms with Gasteiger partial charge in [0.15, 0.2) is 0 Å². The number of aromatic nitrogens is 4. The van der Waals surface area contributed by atoms with Gasteiger partial charge in [0.25, 0.3) is 0 Å². The fraction of sp³-hybridized carbons (Fsp3) is 0.371. The van der Waals surface area contributed by atoms with E-state index in [1.807, 2.05) is 50.2 Å². The molecule has 3 heterocycles. The minimum atomic E-state index is -0.435. The molecule has 1 atom stereocenters. The van der Waals surface area contributed by atoms with E-state index in [-0.39, 0.29) is 17.9 Å². The Hall–Kier alpha value is -4.36. The van der Waals surface area contributed by atoms with Gasteiger partial charge in [-0.05, 0) is 20.3 Å². The minimum absolute atomic E-state index is 0.0780. The molecule has 0 unspecified atom stereocenters. The van der Waals surface area contributed by atoms with Crippen molar-refractivity contribution in [1.82, 2.24) is 41.2 Å². The van der Waals surface area contributed by atoms with E-state index in [4.69, 9.17) is 42.6 Å². The first kappa shape index (κ1) is 35.9. The van der Waals surface area contributed by atoms with Gasteiger partial charge < -0.3 is 30.7 Å². The van der Waals surface area contributed by atoms with Gasteiger partial charge in [-0.3, -0.25) is 19.6 Å².